The van der Waals surface area contributed by atoms with Crippen molar-refractivity contribution in [3.63, 3.8) is 0 Å². The summed E-state index contributed by atoms with van der Waals surface area (Å²) in [6.45, 7) is 2.56. The molecule has 3 rings (SSSR count). The number of aromatic nitrogens is 2. The molecule has 0 bridgehead atoms. The molecular formula is C11H10FN3O. The zero-order valence-corrected chi connectivity index (χ0v) is 8.70. The van der Waals surface area contributed by atoms with Gasteiger partial charge in [0.15, 0.2) is 0 Å². The van der Waals surface area contributed by atoms with E-state index in [4.69, 9.17) is 0 Å². The molecule has 2 aromatic rings. The summed E-state index contributed by atoms with van der Waals surface area (Å²) in [5.74, 6) is -0.510. The highest BCUT2D eigenvalue weighted by Gasteiger charge is 2.23. The molecule has 1 amide bonds. The van der Waals surface area contributed by atoms with Crippen LogP contribution in [0.3, 0.4) is 0 Å². The molecule has 0 spiro atoms. The van der Waals surface area contributed by atoms with Crippen molar-refractivity contribution in [3.8, 4) is 0 Å². The van der Waals surface area contributed by atoms with Crippen molar-refractivity contribution >= 4 is 16.9 Å². The Morgan fingerprint density at radius 2 is 2.38 bits per heavy atom. The lowest BCUT2D eigenvalue weighted by Gasteiger charge is -2.22. The van der Waals surface area contributed by atoms with Crippen LogP contribution < -0.4 is 5.32 Å². The Labute approximate surface area is 91.1 Å². The van der Waals surface area contributed by atoms with Gasteiger partial charge in [0.25, 0.3) is 5.91 Å². The van der Waals surface area contributed by atoms with Gasteiger partial charge in [-0.1, -0.05) is 0 Å². The largest absolute Gasteiger partial charge is 0.347 e. The smallest absolute Gasteiger partial charge is 0.268 e. The third-order valence-corrected chi connectivity index (χ3v) is 2.79. The molecule has 16 heavy (non-hydrogen) atoms. The van der Waals surface area contributed by atoms with Crippen LogP contribution in [0.5, 0.6) is 0 Å². The maximum atomic E-state index is 13.1. The van der Waals surface area contributed by atoms with Crippen LogP contribution in [0.2, 0.25) is 0 Å². The molecule has 0 fully saturated rings. The number of carbonyl (C=O) groups excluding carboxylic acids is 1. The molecule has 0 aliphatic carbocycles. The van der Waals surface area contributed by atoms with Gasteiger partial charge in [-0.3, -0.25) is 9.78 Å². The van der Waals surface area contributed by atoms with Gasteiger partial charge in [0, 0.05) is 18.7 Å². The number of amides is 1. The molecule has 1 aliphatic heterocycles. The second kappa shape index (κ2) is 3.04. The Bertz CT molecular complexity index is 590. The maximum Gasteiger partial charge on any atom is 0.268 e. The fraction of sp³-hybridized carbons (Fsp3) is 0.273. The quantitative estimate of drug-likeness (QED) is 0.726. The van der Waals surface area contributed by atoms with Gasteiger partial charge in [-0.15, -0.1) is 0 Å². The molecule has 0 saturated heterocycles. The average Bonchev–Trinajstić information content (AvgIpc) is 2.57. The van der Waals surface area contributed by atoms with Gasteiger partial charge in [0.2, 0.25) is 0 Å². The topological polar surface area (TPSA) is 46.9 Å². The highest BCUT2D eigenvalue weighted by molar-refractivity contribution is 5.98. The number of halogens is 1. The summed E-state index contributed by atoms with van der Waals surface area (Å²) in [5.41, 5.74) is 1.88. The number of pyridine rings is 1. The van der Waals surface area contributed by atoms with Crippen LogP contribution in [-0.2, 0) is 6.54 Å². The van der Waals surface area contributed by atoms with Crippen molar-refractivity contribution in [2.24, 2.45) is 0 Å². The lowest BCUT2D eigenvalue weighted by atomic mass is 10.2. The van der Waals surface area contributed by atoms with Gasteiger partial charge in [0.05, 0.1) is 17.2 Å². The SMILES string of the molecule is CC1Cn2c(cc3ncc(F)cc32)C(=O)N1. The molecule has 5 heteroatoms. The first kappa shape index (κ1) is 9.33. The Balaban J connectivity index is 2.31. The van der Waals surface area contributed by atoms with Crippen LogP contribution in [0.1, 0.15) is 17.4 Å². The minimum absolute atomic E-state index is 0.0545. The molecule has 3 heterocycles. The molecule has 1 unspecified atom stereocenters. The predicted octanol–water partition coefficient (Wildman–Crippen LogP) is 1.31. The minimum Gasteiger partial charge on any atom is -0.347 e. The highest BCUT2D eigenvalue weighted by Crippen LogP contribution is 2.21. The van der Waals surface area contributed by atoms with Crippen molar-refractivity contribution in [3.05, 3.63) is 29.8 Å². The summed E-state index contributed by atoms with van der Waals surface area (Å²) < 4.78 is 14.9. The average molecular weight is 219 g/mol. The second-order valence-electron chi connectivity index (χ2n) is 4.07. The van der Waals surface area contributed by atoms with Crippen LogP contribution in [-0.4, -0.2) is 21.5 Å². The van der Waals surface area contributed by atoms with E-state index in [9.17, 15) is 9.18 Å². The zero-order chi connectivity index (χ0) is 11.3. The van der Waals surface area contributed by atoms with Gasteiger partial charge in [-0.05, 0) is 13.0 Å². The number of hydrogen-bond acceptors (Lipinski definition) is 2. The Morgan fingerprint density at radius 1 is 1.56 bits per heavy atom. The van der Waals surface area contributed by atoms with E-state index >= 15 is 0 Å². The minimum atomic E-state index is -0.382. The fourth-order valence-corrected chi connectivity index (χ4v) is 2.11. The van der Waals surface area contributed by atoms with Gasteiger partial charge in [-0.2, -0.15) is 0 Å². The van der Waals surface area contributed by atoms with Gasteiger partial charge >= 0.3 is 0 Å². The van der Waals surface area contributed by atoms with E-state index in [1.807, 2.05) is 11.5 Å². The lowest BCUT2D eigenvalue weighted by molar-refractivity contribution is 0.0907. The molecule has 0 aromatic carbocycles. The van der Waals surface area contributed by atoms with Gasteiger partial charge in [-0.25, -0.2) is 4.39 Å². The van der Waals surface area contributed by atoms with Crippen molar-refractivity contribution in [2.45, 2.75) is 19.5 Å². The van der Waals surface area contributed by atoms with E-state index < -0.39 is 0 Å². The molecule has 2 aromatic heterocycles. The molecule has 4 nitrogen and oxygen atoms in total. The summed E-state index contributed by atoms with van der Waals surface area (Å²) in [6.07, 6.45) is 1.16. The van der Waals surface area contributed by atoms with E-state index in [0.29, 0.717) is 23.3 Å². The summed E-state index contributed by atoms with van der Waals surface area (Å²) in [5, 5.41) is 2.83. The first-order valence-corrected chi connectivity index (χ1v) is 5.11. The number of nitrogens with zero attached hydrogens (tertiary/aromatic N) is 2. The summed E-state index contributed by atoms with van der Waals surface area (Å²) in [6, 6.07) is 3.16. The lowest BCUT2D eigenvalue weighted by Crippen LogP contribution is -2.42. The number of carbonyl (C=O) groups is 1. The number of nitrogens with one attached hydrogen (secondary N) is 1. The number of hydrogen-bond donors (Lipinski definition) is 1. The molecule has 1 atom stereocenters. The zero-order valence-electron chi connectivity index (χ0n) is 8.70. The summed E-state index contributed by atoms with van der Waals surface area (Å²) in [7, 11) is 0. The molecule has 0 radical (unpaired) electrons. The molecule has 0 saturated carbocycles. The fourth-order valence-electron chi connectivity index (χ4n) is 2.11. The van der Waals surface area contributed by atoms with E-state index in [2.05, 4.69) is 10.3 Å². The third-order valence-electron chi connectivity index (χ3n) is 2.79. The van der Waals surface area contributed by atoms with Crippen molar-refractivity contribution in [1.29, 1.82) is 0 Å². The van der Waals surface area contributed by atoms with Crippen molar-refractivity contribution < 1.29 is 9.18 Å². The predicted molar refractivity (Wildman–Crippen MR) is 56.6 cm³/mol. The van der Waals surface area contributed by atoms with Crippen LogP contribution in [0.4, 0.5) is 4.39 Å². The Morgan fingerprint density at radius 3 is 3.19 bits per heavy atom. The number of fused-ring (bicyclic) bond motifs is 3. The van der Waals surface area contributed by atoms with Crippen LogP contribution in [0.15, 0.2) is 18.3 Å². The highest BCUT2D eigenvalue weighted by atomic mass is 19.1. The van der Waals surface area contributed by atoms with E-state index in [1.165, 1.54) is 6.07 Å². The van der Waals surface area contributed by atoms with Gasteiger partial charge < -0.3 is 9.88 Å². The summed E-state index contributed by atoms with van der Waals surface area (Å²) >= 11 is 0. The Kier molecular flexibility index (Phi) is 1.77. The third kappa shape index (κ3) is 1.21. The van der Waals surface area contributed by atoms with Crippen LogP contribution in [0.25, 0.3) is 11.0 Å². The monoisotopic (exact) mass is 219 g/mol. The maximum absolute atomic E-state index is 13.1. The van der Waals surface area contributed by atoms with Crippen LogP contribution >= 0.6 is 0 Å². The molecule has 1 N–H and O–H groups in total. The Hall–Kier alpha value is -1.91. The second-order valence-corrected chi connectivity index (χ2v) is 4.07. The molecule has 82 valence electrons. The standard InChI is InChI=1S/C11H10FN3O/c1-6-5-15-9-2-7(12)4-13-8(9)3-10(15)11(16)14-6/h2-4,6H,5H2,1H3,(H,14,16). The summed E-state index contributed by atoms with van der Waals surface area (Å²) in [4.78, 5) is 15.7. The van der Waals surface area contributed by atoms with E-state index in [1.54, 1.807) is 6.07 Å². The molecular weight excluding hydrogens is 209 g/mol. The normalized spacial score (nSPS) is 19.6. The first-order valence-electron chi connectivity index (χ1n) is 5.11. The van der Waals surface area contributed by atoms with Crippen molar-refractivity contribution in [1.82, 2.24) is 14.9 Å². The van der Waals surface area contributed by atoms with Crippen LogP contribution in [0, 0.1) is 5.82 Å². The van der Waals surface area contributed by atoms with Gasteiger partial charge in [0.1, 0.15) is 11.5 Å². The van der Waals surface area contributed by atoms with Crippen molar-refractivity contribution in [2.75, 3.05) is 0 Å². The first-order chi connectivity index (χ1) is 7.65. The van der Waals surface area contributed by atoms with E-state index in [0.717, 1.165) is 6.20 Å². The number of rotatable bonds is 0. The molecule has 1 aliphatic rings. The van der Waals surface area contributed by atoms with E-state index in [-0.39, 0.29) is 17.8 Å².